The van der Waals surface area contributed by atoms with Crippen LogP contribution in [0.1, 0.15) is 38.1 Å². The Kier molecular flexibility index (Phi) is 6.30. The molecular formula is C24H26FN5O2. The number of nitrogens with zero attached hydrogens (tertiary/aromatic N) is 4. The maximum atomic E-state index is 13.3. The normalized spacial score (nSPS) is 11.5. The molecule has 166 valence electrons. The third-order valence-electron chi connectivity index (χ3n) is 5.45. The lowest BCUT2D eigenvalue weighted by atomic mass is 10.1. The molecule has 2 aromatic carbocycles. The van der Waals surface area contributed by atoms with E-state index in [-0.39, 0.29) is 30.2 Å². The summed E-state index contributed by atoms with van der Waals surface area (Å²) in [5.74, 6) is 1.17. The molecule has 0 fully saturated rings. The van der Waals surface area contributed by atoms with E-state index in [4.69, 9.17) is 0 Å². The molecule has 32 heavy (non-hydrogen) atoms. The Bertz CT molecular complexity index is 1310. The molecule has 7 nitrogen and oxygen atoms in total. The molecule has 4 rings (SSSR count). The third-order valence-corrected chi connectivity index (χ3v) is 5.45. The van der Waals surface area contributed by atoms with Gasteiger partial charge in [-0.1, -0.05) is 38.1 Å². The Labute approximate surface area is 184 Å². The Morgan fingerprint density at radius 1 is 1.09 bits per heavy atom. The van der Waals surface area contributed by atoms with E-state index in [1.165, 1.54) is 16.7 Å². The molecule has 2 aromatic heterocycles. The molecule has 2 heterocycles. The number of hydrogen-bond donors (Lipinski definition) is 1. The molecule has 4 aromatic rings. The largest absolute Gasteiger partial charge is 0.356 e. The summed E-state index contributed by atoms with van der Waals surface area (Å²) in [7, 11) is 0. The predicted molar refractivity (Wildman–Crippen MR) is 121 cm³/mol. The number of amides is 1. The number of hydrogen-bond acceptors (Lipinski definition) is 4. The molecule has 0 radical (unpaired) electrons. The van der Waals surface area contributed by atoms with Crippen molar-refractivity contribution in [1.29, 1.82) is 0 Å². The standard InChI is InChI=1S/C24H26FN5O2/c1-16(2)13-14-26-22(31)12-11-21-27-28-24-29(15-17-7-9-18(25)10-8-17)23(32)19-5-3-4-6-20(19)30(21)24/h3-10,16H,11-15H2,1-2H3,(H,26,31). The third kappa shape index (κ3) is 4.54. The first-order valence-electron chi connectivity index (χ1n) is 10.8. The lowest BCUT2D eigenvalue weighted by Gasteiger charge is -2.12. The zero-order valence-electron chi connectivity index (χ0n) is 18.2. The lowest BCUT2D eigenvalue weighted by Crippen LogP contribution is -2.26. The fourth-order valence-corrected chi connectivity index (χ4v) is 3.71. The summed E-state index contributed by atoms with van der Waals surface area (Å²) in [4.78, 5) is 25.5. The van der Waals surface area contributed by atoms with Crippen LogP contribution in [0.5, 0.6) is 0 Å². The van der Waals surface area contributed by atoms with Crippen molar-refractivity contribution in [2.45, 2.75) is 39.7 Å². The van der Waals surface area contributed by atoms with Gasteiger partial charge in [0.15, 0.2) is 0 Å². The number of carbonyl (C=O) groups is 1. The highest BCUT2D eigenvalue weighted by Crippen LogP contribution is 2.17. The van der Waals surface area contributed by atoms with Crippen molar-refractivity contribution >= 4 is 22.6 Å². The Morgan fingerprint density at radius 3 is 2.59 bits per heavy atom. The van der Waals surface area contributed by atoms with E-state index < -0.39 is 0 Å². The summed E-state index contributed by atoms with van der Waals surface area (Å²) < 4.78 is 16.7. The SMILES string of the molecule is CC(C)CCNC(=O)CCc1nnc2n(Cc3ccc(F)cc3)c(=O)c3ccccc3n12. The van der Waals surface area contributed by atoms with Crippen molar-refractivity contribution in [3.05, 3.63) is 76.1 Å². The average Bonchev–Trinajstić information content (AvgIpc) is 3.20. The van der Waals surface area contributed by atoms with E-state index in [0.29, 0.717) is 41.4 Å². The van der Waals surface area contributed by atoms with Gasteiger partial charge in [-0.15, -0.1) is 10.2 Å². The number of fused-ring (bicyclic) bond motifs is 3. The van der Waals surface area contributed by atoms with Gasteiger partial charge in [0, 0.05) is 19.4 Å². The minimum Gasteiger partial charge on any atom is -0.356 e. The highest BCUT2D eigenvalue weighted by atomic mass is 19.1. The van der Waals surface area contributed by atoms with E-state index in [1.54, 1.807) is 18.2 Å². The summed E-state index contributed by atoms with van der Waals surface area (Å²) >= 11 is 0. The monoisotopic (exact) mass is 435 g/mol. The van der Waals surface area contributed by atoms with Gasteiger partial charge in [-0.05, 0) is 42.2 Å². The van der Waals surface area contributed by atoms with Crippen molar-refractivity contribution in [3.8, 4) is 0 Å². The van der Waals surface area contributed by atoms with Crippen LogP contribution < -0.4 is 10.9 Å². The van der Waals surface area contributed by atoms with E-state index in [2.05, 4.69) is 29.4 Å². The van der Waals surface area contributed by atoms with Gasteiger partial charge < -0.3 is 5.32 Å². The molecule has 1 amide bonds. The molecule has 0 bridgehead atoms. The summed E-state index contributed by atoms with van der Waals surface area (Å²) in [6.07, 6.45) is 1.61. The first-order chi connectivity index (χ1) is 15.4. The van der Waals surface area contributed by atoms with Crippen LogP contribution in [0.25, 0.3) is 16.7 Å². The molecule has 0 aliphatic carbocycles. The fourth-order valence-electron chi connectivity index (χ4n) is 3.71. The van der Waals surface area contributed by atoms with Crippen molar-refractivity contribution in [1.82, 2.24) is 24.5 Å². The van der Waals surface area contributed by atoms with Gasteiger partial charge >= 0.3 is 0 Å². The summed E-state index contributed by atoms with van der Waals surface area (Å²) in [6.45, 7) is 5.12. The molecule has 0 unspecified atom stereocenters. The van der Waals surface area contributed by atoms with Crippen LogP contribution in [0.15, 0.2) is 53.3 Å². The van der Waals surface area contributed by atoms with Crippen LogP contribution >= 0.6 is 0 Å². The predicted octanol–water partition coefficient (Wildman–Crippen LogP) is 3.33. The highest BCUT2D eigenvalue weighted by Gasteiger charge is 2.17. The number of carbonyl (C=O) groups excluding carboxylic acids is 1. The molecule has 0 saturated heterocycles. The van der Waals surface area contributed by atoms with E-state index in [1.807, 2.05) is 22.6 Å². The maximum absolute atomic E-state index is 13.3. The first-order valence-corrected chi connectivity index (χ1v) is 10.8. The van der Waals surface area contributed by atoms with Crippen LogP contribution in [-0.4, -0.2) is 31.6 Å². The van der Waals surface area contributed by atoms with Crippen LogP contribution in [0.4, 0.5) is 4.39 Å². The summed E-state index contributed by atoms with van der Waals surface area (Å²) in [5, 5.41) is 12.0. The topological polar surface area (TPSA) is 81.3 Å². The number of rotatable bonds is 8. The van der Waals surface area contributed by atoms with Gasteiger partial charge in [-0.25, -0.2) is 4.39 Å². The van der Waals surface area contributed by atoms with Crippen LogP contribution in [0.2, 0.25) is 0 Å². The molecule has 0 spiro atoms. The summed E-state index contributed by atoms with van der Waals surface area (Å²) in [5.41, 5.74) is 1.28. The van der Waals surface area contributed by atoms with Crippen LogP contribution in [0, 0.1) is 11.7 Å². The number of halogens is 1. The number of aromatic nitrogens is 4. The average molecular weight is 436 g/mol. The molecule has 0 aliphatic rings. The quantitative estimate of drug-likeness (QED) is 0.460. The van der Waals surface area contributed by atoms with Gasteiger partial charge in [-0.2, -0.15) is 0 Å². The van der Waals surface area contributed by atoms with E-state index in [9.17, 15) is 14.0 Å². The lowest BCUT2D eigenvalue weighted by molar-refractivity contribution is -0.121. The number of aryl methyl sites for hydroxylation is 1. The Morgan fingerprint density at radius 2 is 1.84 bits per heavy atom. The zero-order chi connectivity index (χ0) is 22.7. The molecule has 8 heteroatoms. The number of nitrogens with one attached hydrogen (secondary N) is 1. The second kappa shape index (κ2) is 9.30. The van der Waals surface area contributed by atoms with Crippen LogP contribution in [-0.2, 0) is 17.8 Å². The molecule has 0 saturated carbocycles. The first kappa shape index (κ1) is 21.7. The van der Waals surface area contributed by atoms with Crippen molar-refractivity contribution in [2.24, 2.45) is 5.92 Å². The molecular weight excluding hydrogens is 409 g/mol. The van der Waals surface area contributed by atoms with Crippen LogP contribution in [0.3, 0.4) is 0 Å². The number of benzene rings is 2. The van der Waals surface area contributed by atoms with Gasteiger partial charge in [-0.3, -0.25) is 18.6 Å². The minimum absolute atomic E-state index is 0.0358. The zero-order valence-corrected chi connectivity index (χ0v) is 18.2. The van der Waals surface area contributed by atoms with Gasteiger partial charge in [0.2, 0.25) is 11.7 Å². The second-order valence-electron chi connectivity index (χ2n) is 8.32. The molecule has 1 N–H and O–H groups in total. The van der Waals surface area contributed by atoms with E-state index >= 15 is 0 Å². The fraction of sp³-hybridized carbons (Fsp3) is 0.333. The highest BCUT2D eigenvalue weighted by molar-refractivity contribution is 5.80. The van der Waals surface area contributed by atoms with Gasteiger partial charge in [0.25, 0.3) is 5.56 Å². The molecule has 0 atom stereocenters. The van der Waals surface area contributed by atoms with Crippen molar-refractivity contribution in [3.63, 3.8) is 0 Å². The van der Waals surface area contributed by atoms with Gasteiger partial charge in [0.05, 0.1) is 17.4 Å². The molecule has 0 aliphatic heterocycles. The summed E-state index contributed by atoms with van der Waals surface area (Å²) in [6, 6.07) is 13.3. The van der Waals surface area contributed by atoms with Gasteiger partial charge in [0.1, 0.15) is 11.6 Å². The minimum atomic E-state index is -0.332. The number of para-hydroxylation sites is 1. The Hall–Kier alpha value is -3.55. The smallest absolute Gasteiger partial charge is 0.263 e. The second-order valence-corrected chi connectivity index (χ2v) is 8.32. The van der Waals surface area contributed by atoms with E-state index in [0.717, 1.165) is 12.0 Å². The van der Waals surface area contributed by atoms with Crippen molar-refractivity contribution in [2.75, 3.05) is 6.54 Å². The van der Waals surface area contributed by atoms with Crippen molar-refractivity contribution < 1.29 is 9.18 Å². The maximum Gasteiger partial charge on any atom is 0.263 e. The Balaban J connectivity index is 1.68.